The Morgan fingerprint density at radius 3 is 3.07 bits per heavy atom. The molecule has 2 N–H and O–H groups in total. The summed E-state index contributed by atoms with van der Waals surface area (Å²) in [5.74, 6) is 0. The van der Waals surface area contributed by atoms with Gasteiger partial charge in [0.1, 0.15) is 0 Å². The average molecular weight is 206 g/mol. The standard InChI is InChI=1S/C12H18N2O/c13-10-11-3-1-4-12(9-11)14-5-2-7-15-8-6-14/h1,3-4,9H,2,5-8,10,13H2. The molecular weight excluding hydrogens is 188 g/mol. The van der Waals surface area contributed by atoms with Crippen LogP contribution >= 0.6 is 0 Å². The zero-order chi connectivity index (χ0) is 10.5. The molecule has 0 atom stereocenters. The van der Waals surface area contributed by atoms with E-state index in [0.29, 0.717) is 6.54 Å². The van der Waals surface area contributed by atoms with Crippen molar-refractivity contribution in [2.45, 2.75) is 13.0 Å². The van der Waals surface area contributed by atoms with Gasteiger partial charge in [-0.2, -0.15) is 0 Å². The minimum absolute atomic E-state index is 0.609. The van der Waals surface area contributed by atoms with Gasteiger partial charge in [0, 0.05) is 31.9 Å². The Morgan fingerprint density at radius 2 is 2.20 bits per heavy atom. The molecule has 1 aliphatic heterocycles. The highest BCUT2D eigenvalue weighted by Gasteiger charge is 2.09. The van der Waals surface area contributed by atoms with Crippen molar-refractivity contribution < 1.29 is 4.74 Å². The highest BCUT2D eigenvalue weighted by atomic mass is 16.5. The summed E-state index contributed by atoms with van der Waals surface area (Å²) < 4.78 is 5.44. The molecule has 3 nitrogen and oxygen atoms in total. The fourth-order valence-corrected chi connectivity index (χ4v) is 1.88. The molecule has 1 aromatic rings. The van der Waals surface area contributed by atoms with Gasteiger partial charge in [-0.25, -0.2) is 0 Å². The van der Waals surface area contributed by atoms with Crippen molar-refractivity contribution in [1.82, 2.24) is 0 Å². The lowest BCUT2D eigenvalue weighted by molar-refractivity contribution is 0.152. The summed E-state index contributed by atoms with van der Waals surface area (Å²) in [6.45, 7) is 4.38. The van der Waals surface area contributed by atoms with Crippen molar-refractivity contribution >= 4 is 5.69 Å². The van der Waals surface area contributed by atoms with Crippen LogP contribution in [0.2, 0.25) is 0 Å². The molecule has 1 saturated heterocycles. The van der Waals surface area contributed by atoms with Crippen molar-refractivity contribution in [1.29, 1.82) is 0 Å². The van der Waals surface area contributed by atoms with Crippen LogP contribution in [0.4, 0.5) is 5.69 Å². The van der Waals surface area contributed by atoms with Crippen LogP contribution in [0.15, 0.2) is 24.3 Å². The number of benzene rings is 1. The number of nitrogens with two attached hydrogens (primary N) is 1. The Balaban J connectivity index is 2.12. The van der Waals surface area contributed by atoms with Crippen molar-refractivity contribution in [2.24, 2.45) is 5.73 Å². The van der Waals surface area contributed by atoms with E-state index in [-0.39, 0.29) is 0 Å². The highest BCUT2D eigenvalue weighted by molar-refractivity contribution is 5.48. The summed E-state index contributed by atoms with van der Waals surface area (Å²) in [5.41, 5.74) is 8.10. The van der Waals surface area contributed by atoms with Gasteiger partial charge in [-0.3, -0.25) is 0 Å². The predicted octanol–water partition coefficient (Wildman–Crippen LogP) is 1.37. The highest BCUT2D eigenvalue weighted by Crippen LogP contribution is 2.17. The molecule has 0 spiro atoms. The SMILES string of the molecule is NCc1cccc(N2CCCOCC2)c1. The number of hydrogen-bond donors (Lipinski definition) is 1. The number of ether oxygens (including phenoxy) is 1. The molecule has 0 unspecified atom stereocenters. The first-order chi connectivity index (χ1) is 7.40. The minimum atomic E-state index is 0.609. The van der Waals surface area contributed by atoms with Crippen LogP contribution in [0.3, 0.4) is 0 Å². The van der Waals surface area contributed by atoms with Gasteiger partial charge in [0.15, 0.2) is 0 Å². The van der Waals surface area contributed by atoms with Crippen LogP contribution in [0, 0.1) is 0 Å². The van der Waals surface area contributed by atoms with Crippen LogP contribution in [0.1, 0.15) is 12.0 Å². The molecular formula is C12H18N2O. The van der Waals surface area contributed by atoms with Gasteiger partial charge < -0.3 is 15.4 Å². The molecule has 0 bridgehead atoms. The summed E-state index contributed by atoms with van der Waals surface area (Å²) in [6, 6.07) is 8.46. The quantitative estimate of drug-likeness (QED) is 0.794. The van der Waals surface area contributed by atoms with Gasteiger partial charge >= 0.3 is 0 Å². The maximum atomic E-state index is 5.64. The number of anilines is 1. The molecule has 0 saturated carbocycles. The summed E-state index contributed by atoms with van der Waals surface area (Å²) in [5, 5.41) is 0. The molecule has 1 fully saturated rings. The third-order valence-corrected chi connectivity index (χ3v) is 2.73. The lowest BCUT2D eigenvalue weighted by Crippen LogP contribution is -2.25. The smallest absolute Gasteiger partial charge is 0.0641 e. The molecule has 3 heteroatoms. The molecule has 0 amide bonds. The summed E-state index contributed by atoms with van der Waals surface area (Å²) in [6.07, 6.45) is 1.10. The van der Waals surface area contributed by atoms with E-state index < -0.39 is 0 Å². The predicted molar refractivity (Wildman–Crippen MR) is 62.0 cm³/mol. The molecule has 0 radical (unpaired) electrons. The molecule has 15 heavy (non-hydrogen) atoms. The Bertz CT molecular complexity index is 306. The maximum absolute atomic E-state index is 5.64. The van der Waals surface area contributed by atoms with Crippen LogP contribution in [0.25, 0.3) is 0 Å². The molecule has 0 aliphatic carbocycles. The van der Waals surface area contributed by atoms with E-state index in [1.807, 2.05) is 0 Å². The van der Waals surface area contributed by atoms with Crippen LogP contribution in [0.5, 0.6) is 0 Å². The van der Waals surface area contributed by atoms with Crippen LogP contribution < -0.4 is 10.6 Å². The zero-order valence-electron chi connectivity index (χ0n) is 8.98. The molecule has 82 valence electrons. The third-order valence-electron chi connectivity index (χ3n) is 2.73. The van der Waals surface area contributed by atoms with Crippen molar-refractivity contribution in [3.8, 4) is 0 Å². The van der Waals surface area contributed by atoms with Crippen molar-refractivity contribution in [3.63, 3.8) is 0 Å². The molecule has 0 aromatic heterocycles. The molecule has 1 aromatic carbocycles. The van der Waals surface area contributed by atoms with Gasteiger partial charge in [0.25, 0.3) is 0 Å². The number of nitrogens with zero attached hydrogens (tertiary/aromatic N) is 1. The lowest BCUT2D eigenvalue weighted by atomic mass is 10.2. The van der Waals surface area contributed by atoms with E-state index >= 15 is 0 Å². The van der Waals surface area contributed by atoms with E-state index in [0.717, 1.165) is 32.7 Å². The van der Waals surface area contributed by atoms with E-state index in [1.54, 1.807) is 0 Å². The topological polar surface area (TPSA) is 38.5 Å². The largest absolute Gasteiger partial charge is 0.380 e. The van der Waals surface area contributed by atoms with E-state index in [9.17, 15) is 0 Å². The molecule has 1 aliphatic rings. The number of rotatable bonds is 2. The Kier molecular flexibility index (Phi) is 3.59. The Labute approximate surface area is 90.8 Å². The zero-order valence-corrected chi connectivity index (χ0v) is 8.98. The van der Waals surface area contributed by atoms with E-state index in [4.69, 9.17) is 10.5 Å². The van der Waals surface area contributed by atoms with Gasteiger partial charge in [-0.05, 0) is 24.1 Å². The summed E-state index contributed by atoms with van der Waals surface area (Å²) in [7, 11) is 0. The average Bonchev–Trinajstić information content (AvgIpc) is 2.58. The van der Waals surface area contributed by atoms with Crippen LogP contribution in [-0.2, 0) is 11.3 Å². The first-order valence-electron chi connectivity index (χ1n) is 5.52. The second-order valence-electron chi connectivity index (χ2n) is 3.83. The molecule has 1 heterocycles. The van der Waals surface area contributed by atoms with E-state index in [2.05, 4.69) is 29.2 Å². The van der Waals surface area contributed by atoms with E-state index in [1.165, 1.54) is 11.3 Å². The van der Waals surface area contributed by atoms with Gasteiger partial charge in [-0.1, -0.05) is 12.1 Å². The number of hydrogen-bond acceptors (Lipinski definition) is 3. The second kappa shape index (κ2) is 5.14. The third kappa shape index (κ3) is 2.70. The van der Waals surface area contributed by atoms with Gasteiger partial charge in [-0.15, -0.1) is 0 Å². The summed E-state index contributed by atoms with van der Waals surface area (Å²) in [4.78, 5) is 2.37. The Hall–Kier alpha value is -1.06. The van der Waals surface area contributed by atoms with Crippen LogP contribution in [-0.4, -0.2) is 26.3 Å². The second-order valence-corrected chi connectivity index (χ2v) is 3.83. The van der Waals surface area contributed by atoms with Crippen molar-refractivity contribution in [3.05, 3.63) is 29.8 Å². The van der Waals surface area contributed by atoms with Gasteiger partial charge in [0.2, 0.25) is 0 Å². The first kappa shape index (κ1) is 10.5. The fraction of sp³-hybridized carbons (Fsp3) is 0.500. The minimum Gasteiger partial charge on any atom is -0.380 e. The first-order valence-corrected chi connectivity index (χ1v) is 5.52. The lowest BCUT2D eigenvalue weighted by Gasteiger charge is -2.22. The monoisotopic (exact) mass is 206 g/mol. The maximum Gasteiger partial charge on any atom is 0.0641 e. The fourth-order valence-electron chi connectivity index (χ4n) is 1.88. The normalized spacial score (nSPS) is 17.5. The van der Waals surface area contributed by atoms with Gasteiger partial charge in [0.05, 0.1) is 6.61 Å². The summed E-state index contributed by atoms with van der Waals surface area (Å²) >= 11 is 0. The Morgan fingerprint density at radius 1 is 1.27 bits per heavy atom. The van der Waals surface area contributed by atoms with Crippen molar-refractivity contribution in [2.75, 3.05) is 31.2 Å². The molecule has 2 rings (SSSR count).